The normalized spacial score (nSPS) is 14.9. The molecule has 0 spiro atoms. The molecule has 0 aliphatic rings. The van der Waals surface area contributed by atoms with Crippen molar-refractivity contribution in [3.63, 3.8) is 0 Å². The van der Waals surface area contributed by atoms with Gasteiger partial charge in [-0.1, -0.05) is 86.9 Å². The number of hydrogen-bond donors (Lipinski definition) is 2. The highest BCUT2D eigenvalue weighted by Crippen LogP contribution is 2.04. The van der Waals surface area contributed by atoms with Gasteiger partial charge in [0.05, 0.1) is 18.8 Å². The first kappa shape index (κ1) is 26.1. The maximum Gasteiger partial charge on any atom is 0.306 e. The van der Waals surface area contributed by atoms with Crippen molar-refractivity contribution in [2.45, 2.75) is 77.4 Å². The molecule has 0 aliphatic heterocycles. The molecule has 2 unspecified atom stereocenters. The third kappa shape index (κ3) is 18.9. The zero-order chi connectivity index (χ0) is 20.9. The first-order valence-corrected chi connectivity index (χ1v) is 10.4. The maximum absolute atomic E-state index is 11.2. The number of carbonyl (C=O) groups is 1. The van der Waals surface area contributed by atoms with Crippen LogP contribution in [0.15, 0.2) is 60.8 Å². The summed E-state index contributed by atoms with van der Waals surface area (Å²) in [5.74, 6) is -0.189. The van der Waals surface area contributed by atoms with Crippen LogP contribution in [0.25, 0.3) is 0 Å². The average Bonchev–Trinajstić information content (AvgIpc) is 2.66. The maximum atomic E-state index is 11.2. The Morgan fingerprint density at radius 1 is 0.893 bits per heavy atom. The monoisotopic (exact) mass is 390 g/mol. The van der Waals surface area contributed by atoms with E-state index in [0.717, 1.165) is 19.3 Å². The van der Waals surface area contributed by atoms with Gasteiger partial charge in [0.25, 0.3) is 0 Å². The molecule has 2 N–H and O–H groups in total. The summed E-state index contributed by atoms with van der Waals surface area (Å²) < 4.78 is 4.84. The topological polar surface area (TPSA) is 66.8 Å². The molecule has 0 aromatic heterocycles. The minimum Gasteiger partial charge on any atom is -0.466 e. The van der Waals surface area contributed by atoms with Crippen molar-refractivity contribution in [1.82, 2.24) is 0 Å². The van der Waals surface area contributed by atoms with E-state index in [1.54, 1.807) is 13.0 Å². The second-order valence-corrected chi connectivity index (χ2v) is 6.54. The Hall–Kier alpha value is -1.91. The lowest BCUT2D eigenvalue weighted by atomic mass is 10.1. The van der Waals surface area contributed by atoms with Gasteiger partial charge in [0.15, 0.2) is 0 Å². The van der Waals surface area contributed by atoms with Crippen molar-refractivity contribution in [3.8, 4) is 0 Å². The van der Waals surface area contributed by atoms with E-state index in [-0.39, 0.29) is 12.1 Å². The van der Waals surface area contributed by atoms with Crippen LogP contribution in [0.2, 0.25) is 0 Å². The molecule has 0 radical (unpaired) electrons. The van der Waals surface area contributed by atoms with E-state index in [1.165, 1.54) is 12.8 Å². The van der Waals surface area contributed by atoms with E-state index in [4.69, 9.17) is 4.74 Å². The highest BCUT2D eigenvalue weighted by molar-refractivity contribution is 5.69. The third-order valence-electron chi connectivity index (χ3n) is 3.90. The summed E-state index contributed by atoms with van der Waals surface area (Å²) in [4.78, 5) is 11.2. The van der Waals surface area contributed by atoms with Crippen LogP contribution < -0.4 is 0 Å². The Morgan fingerprint density at radius 3 is 2.21 bits per heavy atom. The molecule has 0 rings (SSSR count). The second-order valence-electron chi connectivity index (χ2n) is 6.54. The lowest BCUT2D eigenvalue weighted by molar-refractivity contribution is -0.143. The summed E-state index contributed by atoms with van der Waals surface area (Å²) in [7, 11) is 0. The number of carbonyl (C=O) groups excluding carboxylic acids is 1. The molecule has 0 saturated heterocycles. The molecule has 0 heterocycles. The van der Waals surface area contributed by atoms with Gasteiger partial charge in [-0.3, -0.25) is 4.79 Å². The molecular formula is C24H38O4. The van der Waals surface area contributed by atoms with Gasteiger partial charge >= 0.3 is 5.97 Å². The Morgan fingerprint density at radius 2 is 1.57 bits per heavy atom. The zero-order valence-electron chi connectivity index (χ0n) is 17.5. The molecule has 0 saturated carbocycles. The molecule has 0 aromatic carbocycles. The fraction of sp³-hybridized carbons (Fsp3) is 0.542. The van der Waals surface area contributed by atoms with Crippen LogP contribution in [-0.2, 0) is 9.53 Å². The zero-order valence-corrected chi connectivity index (χ0v) is 17.5. The van der Waals surface area contributed by atoms with Gasteiger partial charge in [0.2, 0.25) is 0 Å². The first-order valence-electron chi connectivity index (χ1n) is 10.4. The van der Waals surface area contributed by atoms with Gasteiger partial charge in [-0.25, -0.2) is 0 Å². The minimum atomic E-state index is -0.531. The van der Waals surface area contributed by atoms with Crippen LogP contribution >= 0.6 is 0 Å². The first-order chi connectivity index (χ1) is 13.6. The number of aliphatic hydroxyl groups is 2. The summed E-state index contributed by atoms with van der Waals surface area (Å²) >= 11 is 0. The third-order valence-corrected chi connectivity index (χ3v) is 3.90. The molecule has 0 amide bonds. The van der Waals surface area contributed by atoms with Gasteiger partial charge < -0.3 is 14.9 Å². The molecule has 0 bridgehead atoms. The summed E-state index contributed by atoms with van der Waals surface area (Å²) in [6.45, 7) is 4.36. The van der Waals surface area contributed by atoms with E-state index in [0.29, 0.717) is 25.9 Å². The molecule has 0 aromatic rings. The van der Waals surface area contributed by atoms with Crippen molar-refractivity contribution in [1.29, 1.82) is 0 Å². The van der Waals surface area contributed by atoms with Gasteiger partial charge in [-0.15, -0.1) is 0 Å². The summed E-state index contributed by atoms with van der Waals surface area (Å²) in [5, 5.41) is 19.6. The van der Waals surface area contributed by atoms with Crippen LogP contribution in [0.4, 0.5) is 0 Å². The summed E-state index contributed by atoms with van der Waals surface area (Å²) in [6.07, 6.45) is 24.6. The molecule has 2 atom stereocenters. The van der Waals surface area contributed by atoms with Gasteiger partial charge in [0, 0.05) is 6.42 Å². The number of unbranched alkanes of at least 4 members (excludes halogenated alkanes) is 2. The van der Waals surface area contributed by atoms with Crippen LogP contribution in [0.3, 0.4) is 0 Å². The lowest BCUT2D eigenvalue weighted by Gasteiger charge is -2.02. The second kappa shape index (κ2) is 19.8. The summed E-state index contributed by atoms with van der Waals surface area (Å²) in [5.41, 5.74) is 0. The number of allylic oxidation sites excluding steroid dienone is 7. The number of aliphatic hydroxyl groups excluding tert-OH is 2. The Bertz CT molecular complexity index is 515. The number of hydrogen-bond acceptors (Lipinski definition) is 4. The quantitative estimate of drug-likeness (QED) is 0.165. The Labute approximate surface area is 171 Å². The van der Waals surface area contributed by atoms with Crippen LogP contribution in [0, 0.1) is 0 Å². The fourth-order valence-electron chi connectivity index (χ4n) is 2.34. The van der Waals surface area contributed by atoms with Crippen molar-refractivity contribution in [2.75, 3.05) is 6.61 Å². The Kier molecular flexibility index (Phi) is 18.5. The van der Waals surface area contributed by atoms with Gasteiger partial charge in [-0.2, -0.15) is 0 Å². The molecule has 28 heavy (non-hydrogen) atoms. The highest BCUT2D eigenvalue weighted by atomic mass is 16.5. The van der Waals surface area contributed by atoms with Crippen LogP contribution in [0.5, 0.6) is 0 Å². The predicted molar refractivity (Wildman–Crippen MR) is 117 cm³/mol. The van der Waals surface area contributed by atoms with Crippen LogP contribution in [-0.4, -0.2) is 35.0 Å². The Balaban J connectivity index is 3.82. The van der Waals surface area contributed by atoms with E-state index in [2.05, 4.69) is 6.92 Å². The molecular weight excluding hydrogens is 352 g/mol. The molecule has 0 fully saturated rings. The molecule has 0 aliphatic carbocycles. The SMILES string of the molecule is CCCCCC(O)/C=C/C=C\C/C=C\C=C\C(O)C/C=C\CCC(=O)OCC. The largest absolute Gasteiger partial charge is 0.466 e. The lowest BCUT2D eigenvalue weighted by Crippen LogP contribution is -2.02. The number of rotatable bonds is 16. The summed E-state index contributed by atoms with van der Waals surface area (Å²) in [6, 6.07) is 0. The highest BCUT2D eigenvalue weighted by Gasteiger charge is 1.98. The standard InChI is InChI=1S/C24H38O4/c1-3-5-12-17-22(25)18-13-9-7-6-8-10-14-19-23(26)20-15-11-16-21-24(27)28-4-2/h7-11,13-15,18-19,22-23,25-26H,3-6,12,16-17,20-21H2,1-2H3/b9-7-,10-8-,15-11-,18-13+,19-14+. The van der Waals surface area contributed by atoms with Crippen molar-refractivity contribution in [3.05, 3.63) is 60.8 Å². The van der Waals surface area contributed by atoms with Gasteiger partial charge in [0.1, 0.15) is 0 Å². The van der Waals surface area contributed by atoms with Crippen molar-refractivity contribution >= 4 is 5.97 Å². The molecule has 158 valence electrons. The van der Waals surface area contributed by atoms with Crippen LogP contribution in [0.1, 0.15) is 65.2 Å². The van der Waals surface area contributed by atoms with E-state index >= 15 is 0 Å². The average molecular weight is 391 g/mol. The van der Waals surface area contributed by atoms with E-state index in [9.17, 15) is 15.0 Å². The van der Waals surface area contributed by atoms with Gasteiger partial charge in [-0.05, 0) is 32.6 Å². The smallest absolute Gasteiger partial charge is 0.306 e. The molecule has 4 nitrogen and oxygen atoms in total. The van der Waals surface area contributed by atoms with E-state index in [1.807, 2.05) is 54.7 Å². The number of ether oxygens (including phenoxy) is 1. The fourth-order valence-corrected chi connectivity index (χ4v) is 2.34. The minimum absolute atomic E-state index is 0.189. The van der Waals surface area contributed by atoms with Crippen molar-refractivity contribution < 1.29 is 19.7 Å². The number of esters is 1. The predicted octanol–water partition coefficient (Wildman–Crippen LogP) is 5.19. The van der Waals surface area contributed by atoms with E-state index < -0.39 is 6.10 Å². The molecule has 4 heteroatoms. The van der Waals surface area contributed by atoms with Crippen molar-refractivity contribution in [2.24, 2.45) is 0 Å².